The first-order valence-corrected chi connectivity index (χ1v) is 18.3. The Labute approximate surface area is 357 Å². The molecule has 0 unspecified atom stereocenters. The van der Waals surface area contributed by atoms with Crippen LogP contribution in [-0.2, 0) is 30.3 Å². The van der Waals surface area contributed by atoms with Gasteiger partial charge in [-0.3, -0.25) is 9.27 Å². The molecule has 0 aliphatic carbocycles. The van der Waals surface area contributed by atoms with E-state index in [0.717, 1.165) is 17.5 Å². The average Bonchev–Trinajstić information content (AvgIpc) is 3.06. The molecule has 0 spiro atoms. The Morgan fingerprint density at radius 2 is 1.22 bits per heavy atom. The van der Waals surface area contributed by atoms with Crippen LogP contribution in [0, 0.1) is 0 Å². The molecule has 0 atom stereocenters. The maximum Gasteiger partial charge on any atom is 1.00 e. The molecule has 0 radical (unpaired) electrons. The van der Waals surface area contributed by atoms with Crippen molar-refractivity contribution in [1.29, 1.82) is 0 Å². The van der Waals surface area contributed by atoms with E-state index >= 15 is 0 Å². The molecule has 2 N–H and O–H groups in total. The Bertz CT molecular complexity index is 2680. The van der Waals surface area contributed by atoms with E-state index in [1.54, 1.807) is 36.4 Å². The number of hydrogen-bond acceptors (Lipinski definition) is 12. The van der Waals surface area contributed by atoms with Gasteiger partial charge >= 0.3 is 80.9 Å². The summed E-state index contributed by atoms with van der Waals surface area (Å²) < 4.78 is 96.8. The molecule has 0 aromatic heterocycles. The van der Waals surface area contributed by atoms with Crippen LogP contribution >= 0.6 is 0 Å². The second-order valence-corrected chi connectivity index (χ2v) is 14.9. The maximum atomic E-state index is 13.2. The normalized spacial score (nSPS) is 12.2. The molecule has 0 saturated heterocycles. The smallest absolute Gasteiger partial charge is 0.871 e. The van der Waals surface area contributed by atoms with E-state index in [9.17, 15) is 39.5 Å². The fourth-order valence-electron chi connectivity index (χ4n) is 4.79. The van der Waals surface area contributed by atoms with Crippen LogP contribution in [0.4, 0.5) is 28.4 Å². The third-order valence-corrected chi connectivity index (χ3v) is 10.2. The molecule has 0 heterocycles. The predicted molar refractivity (Wildman–Crippen MR) is 177 cm³/mol. The van der Waals surface area contributed by atoms with Gasteiger partial charge in [0, 0.05) is 16.5 Å². The third-order valence-electron chi connectivity index (χ3n) is 7.10. The Kier molecular flexibility index (Phi) is 13.1. The first-order chi connectivity index (χ1) is 23.2. The maximum absolute atomic E-state index is 13.2. The minimum Gasteiger partial charge on any atom is -0.871 e. The van der Waals surface area contributed by atoms with Gasteiger partial charge in [0.15, 0.2) is 0 Å². The van der Waals surface area contributed by atoms with Crippen LogP contribution in [0.2, 0.25) is 0 Å². The molecule has 14 nitrogen and oxygen atoms in total. The fraction of sp³-hybridized carbons (Fsp3) is 0. The van der Waals surface area contributed by atoms with Gasteiger partial charge in [-0.05, 0) is 77.5 Å². The standard InChI is InChI=1S/C32H23N5O9S3.K.Na/c38-30-15-9-20-4-1-2-7-28(20)32(30)36-34-23-13-11-22(12-14-23)33-35-24-5-3-6-26(17-24)47(39,40)37-25-10-8-21-16-27(48(41,42)43)19-31(29(21)18-25)49(44,45)46;;/h1-19,37-38H,(H,41,42,43)(H,44,45,46);;/q;2*+1/p-2. The van der Waals surface area contributed by atoms with Crippen LogP contribution in [0.15, 0.2) is 150 Å². The summed E-state index contributed by atoms with van der Waals surface area (Å²) in [6, 6.07) is 27.3. The van der Waals surface area contributed by atoms with E-state index in [4.69, 9.17) is 0 Å². The first-order valence-electron chi connectivity index (χ1n) is 13.9. The minimum absolute atomic E-state index is 0. The van der Waals surface area contributed by atoms with Crippen LogP contribution in [0.3, 0.4) is 0 Å². The number of nitrogens with zero attached hydrogens (tertiary/aromatic N) is 4. The monoisotopic (exact) mass is 777 g/mol. The fourth-order valence-corrected chi connectivity index (χ4v) is 7.22. The molecule has 0 bridgehead atoms. The van der Waals surface area contributed by atoms with Gasteiger partial charge in [-0.15, -0.1) is 0 Å². The zero-order valence-electron chi connectivity index (χ0n) is 26.7. The second-order valence-electron chi connectivity index (χ2n) is 10.4. The second kappa shape index (κ2) is 16.4. The number of hydrogen-bond donors (Lipinski definition) is 2. The van der Waals surface area contributed by atoms with Crippen molar-refractivity contribution in [3.8, 4) is 5.75 Å². The molecule has 248 valence electrons. The molecule has 0 fully saturated rings. The van der Waals surface area contributed by atoms with Crippen molar-refractivity contribution in [3.63, 3.8) is 0 Å². The van der Waals surface area contributed by atoms with Crippen molar-refractivity contribution in [1.82, 2.24) is 0 Å². The number of rotatable bonds is 9. The van der Waals surface area contributed by atoms with Gasteiger partial charge in [0.2, 0.25) is 0 Å². The molecule has 0 aliphatic heterocycles. The molecule has 51 heavy (non-hydrogen) atoms. The summed E-state index contributed by atoms with van der Waals surface area (Å²) in [5, 5.41) is 30.2. The first kappa shape index (κ1) is 40.8. The van der Waals surface area contributed by atoms with E-state index in [-0.39, 0.29) is 119 Å². The molecule has 6 aromatic rings. The van der Waals surface area contributed by atoms with Gasteiger partial charge < -0.3 is 9.66 Å². The van der Waals surface area contributed by atoms with E-state index < -0.39 is 40.1 Å². The van der Waals surface area contributed by atoms with Crippen LogP contribution in [0.5, 0.6) is 5.75 Å². The number of nitrogens with one attached hydrogen (secondary N) is 1. The van der Waals surface area contributed by atoms with Gasteiger partial charge in [-0.1, -0.05) is 54.3 Å². The Hall–Kier alpha value is -2.95. The summed E-state index contributed by atoms with van der Waals surface area (Å²) in [4.78, 5) is -1.99. The largest absolute Gasteiger partial charge is 1.00 e. The van der Waals surface area contributed by atoms with Gasteiger partial charge in [0.05, 0.1) is 32.5 Å². The quantitative estimate of drug-likeness (QED) is 0.120. The van der Waals surface area contributed by atoms with Gasteiger partial charge in [0.1, 0.15) is 15.0 Å². The summed E-state index contributed by atoms with van der Waals surface area (Å²) >= 11 is 0. The van der Waals surface area contributed by atoms with Crippen LogP contribution in [0.25, 0.3) is 21.5 Å². The Morgan fingerprint density at radius 3 is 1.88 bits per heavy atom. The number of sulfonamides is 1. The molecule has 6 aromatic carbocycles. The number of anilines is 1. The van der Waals surface area contributed by atoms with E-state index in [2.05, 4.69) is 25.2 Å². The molecule has 19 heteroatoms. The zero-order chi connectivity index (χ0) is 35.0. The number of azo groups is 2. The SMILES string of the molecule is O=S(=O)([O-])c1cc(S(=O)(=O)O)c2cc(NS(=O)(=O)c3cccc(N=Nc4ccc(N=Nc5c([O-])ccc6ccccc56)cc4)c3)ccc2c1.[K+].[Na+]. The van der Waals surface area contributed by atoms with Crippen molar-refractivity contribution in [2.24, 2.45) is 20.5 Å². The van der Waals surface area contributed by atoms with E-state index in [1.165, 1.54) is 42.5 Å². The van der Waals surface area contributed by atoms with E-state index in [0.29, 0.717) is 22.8 Å². The Balaban J connectivity index is 0.00000292. The van der Waals surface area contributed by atoms with Crippen LogP contribution in [0.1, 0.15) is 0 Å². The number of benzene rings is 6. The van der Waals surface area contributed by atoms with Crippen molar-refractivity contribution in [3.05, 3.63) is 115 Å². The zero-order valence-corrected chi connectivity index (χ0v) is 34.3. The van der Waals surface area contributed by atoms with Gasteiger partial charge in [-0.2, -0.15) is 28.9 Å². The van der Waals surface area contributed by atoms with Gasteiger partial charge in [0.25, 0.3) is 20.1 Å². The molecule has 0 amide bonds. The summed E-state index contributed by atoms with van der Waals surface area (Å²) in [6.45, 7) is 0. The summed E-state index contributed by atoms with van der Waals surface area (Å²) in [5.41, 5.74) is 1.16. The third kappa shape index (κ3) is 9.73. The van der Waals surface area contributed by atoms with Crippen LogP contribution in [-0.4, -0.2) is 34.4 Å². The van der Waals surface area contributed by atoms with Crippen molar-refractivity contribution in [2.45, 2.75) is 14.7 Å². The summed E-state index contributed by atoms with van der Waals surface area (Å²) in [6.07, 6.45) is 0. The topological polar surface area (TPSA) is 230 Å². The van der Waals surface area contributed by atoms with Crippen molar-refractivity contribution < 1.29 is 120 Å². The Morgan fingerprint density at radius 1 is 0.588 bits per heavy atom. The summed E-state index contributed by atoms with van der Waals surface area (Å²) in [7, 11) is -14.4. The van der Waals surface area contributed by atoms with Gasteiger partial charge in [-0.25, -0.2) is 16.8 Å². The van der Waals surface area contributed by atoms with Crippen molar-refractivity contribution in [2.75, 3.05) is 4.72 Å². The molecule has 6 rings (SSSR count). The molecular formula is C32H21KN5NaO9S3. The molecule has 0 aliphatic rings. The summed E-state index contributed by atoms with van der Waals surface area (Å²) in [5.74, 6) is -0.259. The number of fused-ring (bicyclic) bond motifs is 2. The molecule has 0 saturated carbocycles. The van der Waals surface area contributed by atoms with E-state index in [1.807, 2.05) is 18.2 Å². The average molecular weight is 778 g/mol. The van der Waals surface area contributed by atoms with Crippen LogP contribution < -0.4 is 90.8 Å². The minimum atomic E-state index is -5.07. The molecular weight excluding hydrogens is 757 g/mol. The van der Waals surface area contributed by atoms with Crippen molar-refractivity contribution >= 4 is 80.2 Å². The predicted octanol–water partition coefficient (Wildman–Crippen LogP) is 0.857.